The van der Waals surface area contributed by atoms with Crippen LogP contribution < -0.4 is 5.32 Å². The molecule has 19 heavy (non-hydrogen) atoms. The van der Waals surface area contributed by atoms with E-state index in [1.165, 1.54) is 0 Å². The standard InChI is InChI=1S/C14H26N2O3/c1-5-8-11(12(17)16-9-6-7-10-16)15-13(18)19-14(2,3)4/h11H,5-10H2,1-4H3,(H,15,18). The topological polar surface area (TPSA) is 58.6 Å². The summed E-state index contributed by atoms with van der Waals surface area (Å²) in [6, 6.07) is -0.460. The average Bonchev–Trinajstić information content (AvgIpc) is 2.78. The quantitative estimate of drug-likeness (QED) is 0.852. The molecule has 0 radical (unpaired) electrons. The number of hydrogen-bond donors (Lipinski definition) is 1. The molecule has 1 rings (SSSR count). The van der Waals surface area contributed by atoms with E-state index in [0.29, 0.717) is 6.42 Å². The number of carbonyl (C=O) groups excluding carboxylic acids is 2. The molecular weight excluding hydrogens is 244 g/mol. The Balaban J connectivity index is 2.56. The molecule has 0 spiro atoms. The highest BCUT2D eigenvalue weighted by Crippen LogP contribution is 2.12. The van der Waals surface area contributed by atoms with Crippen LogP contribution in [0.1, 0.15) is 53.4 Å². The van der Waals surface area contributed by atoms with Crippen molar-refractivity contribution in [2.75, 3.05) is 13.1 Å². The first-order chi connectivity index (χ1) is 8.83. The van der Waals surface area contributed by atoms with Crippen LogP contribution in [0, 0.1) is 0 Å². The zero-order chi connectivity index (χ0) is 14.5. The predicted molar refractivity (Wildman–Crippen MR) is 73.9 cm³/mol. The molecule has 0 aromatic heterocycles. The Morgan fingerprint density at radius 3 is 2.32 bits per heavy atom. The summed E-state index contributed by atoms with van der Waals surface area (Å²) in [5.74, 6) is 0.0187. The van der Waals surface area contributed by atoms with Crippen LogP contribution in [0.4, 0.5) is 4.79 Å². The van der Waals surface area contributed by atoms with E-state index < -0.39 is 17.7 Å². The van der Waals surface area contributed by atoms with E-state index in [4.69, 9.17) is 4.74 Å². The summed E-state index contributed by atoms with van der Waals surface area (Å²) in [5.41, 5.74) is -0.544. The first-order valence-electron chi connectivity index (χ1n) is 7.12. The van der Waals surface area contributed by atoms with E-state index in [0.717, 1.165) is 32.4 Å². The highest BCUT2D eigenvalue weighted by atomic mass is 16.6. The molecule has 1 unspecified atom stereocenters. The molecule has 5 heteroatoms. The van der Waals surface area contributed by atoms with Crippen molar-refractivity contribution in [1.29, 1.82) is 0 Å². The SMILES string of the molecule is CCCC(NC(=O)OC(C)(C)C)C(=O)N1CCCC1. The third kappa shape index (κ3) is 5.49. The van der Waals surface area contributed by atoms with Crippen molar-refractivity contribution in [3.05, 3.63) is 0 Å². The van der Waals surface area contributed by atoms with Gasteiger partial charge in [0.1, 0.15) is 11.6 Å². The normalized spacial score (nSPS) is 17.2. The summed E-state index contributed by atoms with van der Waals surface area (Å²) in [6.07, 6.45) is 3.08. The number of hydrogen-bond acceptors (Lipinski definition) is 3. The van der Waals surface area contributed by atoms with Gasteiger partial charge in [0.25, 0.3) is 0 Å². The molecule has 2 amide bonds. The number of carbonyl (C=O) groups is 2. The minimum absolute atomic E-state index is 0.0187. The first-order valence-corrected chi connectivity index (χ1v) is 7.12. The molecule has 0 bridgehead atoms. The van der Waals surface area contributed by atoms with Crippen molar-refractivity contribution < 1.29 is 14.3 Å². The van der Waals surface area contributed by atoms with Gasteiger partial charge in [0.2, 0.25) is 5.91 Å². The number of nitrogens with zero attached hydrogens (tertiary/aromatic N) is 1. The van der Waals surface area contributed by atoms with E-state index in [2.05, 4.69) is 5.32 Å². The number of likely N-dealkylation sites (tertiary alicyclic amines) is 1. The van der Waals surface area contributed by atoms with E-state index in [1.807, 2.05) is 32.6 Å². The van der Waals surface area contributed by atoms with Gasteiger partial charge in [-0.2, -0.15) is 0 Å². The molecule has 0 saturated carbocycles. The van der Waals surface area contributed by atoms with Crippen LogP contribution >= 0.6 is 0 Å². The highest BCUT2D eigenvalue weighted by Gasteiger charge is 2.28. The second-order valence-electron chi connectivity index (χ2n) is 6.02. The minimum atomic E-state index is -0.544. The Morgan fingerprint density at radius 2 is 1.84 bits per heavy atom. The van der Waals surface area contributed by atoms with Crippen LogP contribution in [0.2, 0.25) is 0 Å². The first kappa shape index (κ1) is 15.8. The molecule has 1 atom stereocenters. The summed E-state index contributed by atoms with van der Waals surface area (Å²) in [5, 5.41) is 2.70. The molecule has 1 heterocycles. The van der Waals surface area contributed by atoms with Crippen LogP contribution in [0.25, 0.3) is 0 Å². The van der Waals surface area contributed by atoms with E-state index in [9.17, 15) is 9.59 Å². The van der Waals surface area contributed by atoms with Gasteiger partial charge in [-0.3, -0.25) is 4.79 Å². The second kappa shape index (κ2) is 6.78. The van der Waals surface area contributed by atoms with E-state index >= 15 is 0 Å². The maximum atomic E-state index is 12.3. The predicted octanol–water partition coefficient (Wildman–Crippen LogP) is 2.30. The van der Waals surface area contributed by atoms with Gasteiger partial charge in [-0.1, -0.05) is 13.3 Å². The molecule has 1 aliphatic rings. The third-order valence-electron chi connectivity index (χ3n) is 2.98. The largest absolute Gasteiger partial charge is 0.444 e. The van der Waals surface area contributed by atoms with Crippen molar-refractivity contribution in [3.63, 3.8) is 0 Å². The molecule has 110 valence electrons. The molecule has 1 fully saturated rings. The Labute approximate surface area is 115 Å². The molecule has 1 saturated heterocycles. The van der Waals surface area contributed by atoms with Gasteiger partial charge in [-0.15, -0.1) is 0 Å². The van der Waals surface area contributed by atoms with Gasteiger partial charge >= 0.3 is 6.09 Å². The number of ether oxygens (including phenoxy) is 1. The third-order valence-corrected chi connectivity index (χ3v) is 2.98. The summed E-state index contributed by atoms with van der Waals surface area (Å²) >= 11 is 0. The molecule has 5 nitrogen and oxygen atoms in total. The summed E-state index contributed by atoms with van der Waals surface area (Å²) in [6.45, 7) is 9.03. The number of alkyl carbamates (subject to hydrolysis) is 1. The molecular formula is C14H26N2O3. The van der Waals surface area contributed by atoms with Gasteiger partial charge < -0.3 is 15.0 Å². The van der Waals surface area contributed by atoms with Gasteiger partial charge in [0.05, 0.1) is 0 Å². The van der Waals surface area contributed by atoms with Gasteiger partial charge in [-0.25, -0.2) is 4.79 Å². The Hall–Kier alpha value is -1.26. The zero-order valence-corrected chi connectivity index (χ0v) is 12.5. The minimum Gasteiger partial charge on any atom is -0.444 e. The maximum absolute atomic E-state index is 12.3. The number of nitrogens with one attached hydrogen (secondary N) is 1. The monoisotopic (exact) mass is 270 g/mol. The van der Waals surface area contributed by atoms with Crippen LogP contribution in [0.3, 0.4) is 0 Å². The summed E-state index contributed by atoms with van der Waals surface area (Å²) in [4.78, 5) is 25.9. The van der Waals surface area contributed by atoms with Crippen LogP contribution in [-0.2, 0) is 9.53 Å². The van der Waals surface area contributed by atoms with Crippen LogP contribution in [-0.4, -0.2) is 41.6 Å². The van der Waals surface area contributed by atoms with Crippen molar-refractivity contribution in [2.24, 2.45) is 0 Å². The van der Waals surface area contributed by atoms with Gasteiger partial charge in [0, 0.05) is 13.1 Å². The van der Waals surface area contributed by atoms with Crippen molar-refractivity contribution in [3.8, 4) is 0 Å². The average molecular weight is 270 g/mol. The van der Waals surface area contributed by atoms with Gasteiger partial charge in [0.15, 0.2) is 0 Å². The Kier molecular flexibility index (Phi) is 5.63. The van der Waals surface area contributed by atoms with Crippen molar-refractivity contribution in [2.45, 2.75) is 65.0 Å². The maximum Gasteiger partial charge on any atom is 0.408 e. The molecule has 0 aliphatic carbocycles. The summed E-state index contributed by atoms with van der Waals surface area (Å²) < 4.78 is 5.21. The fraction of sp³-hybridized carbons (Fsp3) is 0.857. The Morgan fingerprint density at radius 1 is 1.26 bits per heavy atom. The molecule has 1 aliphatic heterocycles. The van der Waals surface area contributed by atoms with E-state index in [-0.39, 0.29) is 5.91 Å². The van der Waals surface area contributed by atoms with E-state index in [1.54, 1.807) is 0 Å². The lowest BCUT2D eigenvalue weighted by atomic mass is 10.1. The zero-order valence-electron chi connectivity index (χ0n) is 12.5. The molecule has 1 N–H and O–H groups in total. The lowest BCUT2D eigenvalue weighted by Gasteiger charge is -2.26. The van der Waals surface area contributed by atoms with Crippen molar-refractivity contribution >= 4 is 12.0 Å². The van der Waals surface area contributed by atoms with Gasteiger partial charge in [-0.05, 0) is 40.0 Å². The van der Waals surface area contributed by atoms with Crippen molar-refractivity contribution in [1.82, 2.24) is 10.2 Å². The fourth-order valence-electron chi connectivity index (χ4n) is 2.15. The lowest BCUT2D eigenvalue weighted by Crippen LogP contribution is -2.48. The van der Waals surface area contributed by atoms with Crippen LogP contribution in [0.15, 0.2) is 0 Å². The van der Waals surface area contributed by atoms with Crippen LogP contribution in [0.5, 0.6) is 0 Å². The summed E-state index contributed by atoms with van der Waals surface area (Å²) in [7, 11) is 0. The Bertz CT molecular complexity index is 317. The highest BCUT2D eigenvalue weighted by molar-refractivity contribution is 5.85. The number of rotatable bonds is 4. The lowest BCUT2D eigenvalue weighted by molar-refractivity contribution is -0.132. The second-order valence-corrected chi connectivity index (χ2v) is 6.02. The fourth-order valence-corrected chi connectivity index (χ4v) is 2.15. The molecule has 0 aromatic carbocycles. The smallest absolute Gasteiger partial charge is 0.408 e. The number of amides is 2. The molecule has 0 aromatic rings.